The van der Waals surface area contributed by atoms with E-state index in [1.807, 2.05) is 0 Å². The van der Waals surface area contributed by atoms with Gasteiger partial charge in [-0.15, -0.1) is 0 Å². The molecule has 0 spiro atoms. The van der Waals surface area contributed by atoms with Crippen LogP contribution in [0.1, 0.15) is 13.8 Å². The molecular weight excluding hydrogens is 370 g/mol. The van der Waals surface area contributed by atoms with Crippen molar-refractivity contribution in [2.75, 3.05) is 45.1 Å². The van der Waals surface area contributed by atoms with Crippen LogP contribution in [0.25, 0.3) is 11.0 Å². The van der Waals surface area contributed by atoms with Gasteiger partial charge in [0.2, 0.25) is 16.0 Å². The number of nitrogens with one attached hydrogen (secondary N) is 1. The number of nitrogen functional groups attached to an aromatic ring is 1. The molecule has 0 radical (unpaired) electrons. The van der Waals surface area contributed by atoms with E-state index >= 15 is 0 Å². The summed E-state index contributed by atoms with van der Waals surface area (Å²) in [5.41, 5.74) is 6.14. The molecule has 10 heteroatoms. The summed E-state index contributed by atoms with van der Waals surface area (Å²) in [5.74, 6) is 0.238. The van der Waals surface area contributed by atoms with Gasteiger partial charge >= 0.3 is 0 Å². The van der Waals surface area contributed by atoms with Crippen LogP contribution in [0, 0.1) is 0 Å². The minimum atomic E-state index is -3.64. The van der Waals surface area contributed by atoms with E-state index in [1.54, 1.807) is 24.5 Å². The number of ether oxygens (including phenoxy) is 1. The van der Waals surface area contributed by atoms with Crippen LogP contribution in [0.5, 0.6) is 0 Å². The summed E-state index contributed by atoms with van der Waals surface area (Å²) < 4.78 is 34.7. The Morgan fingerprint density at radius 3 is 2.70 bits per heavy atom. The Labute approximate surface area is 159 Å². The van der Waals surface area contributed by atoms with Gasteiger partial charge in [-0.3, -0.25) is 4.90 Å². The van der Waals surface area contributed by atoms with E-state index in [1.165, 1.54) is 12.1 Å². The number of nitrogens with zero attached hydrogens (tertiary/aromatic N) is 3. The van der Waals surface area contributed by atoms with Gasteiger partial charge in [0.15, 0.2) is 0 Å². The summed E-state index contributed by atoms with van der Waals surface area (Å²) in [7, 11) is -3.64. The molecule has 1 aliphatic heterocycles. The van der Waals surface area contributed by atoms with E-state index in [0.29, 0.717) is 37.3 Å². The molecule has 0 unspecified atom stereocenters. The fourth-order valence-corrected chi connectivity index (χ4v) is 4.14. The van der Waals surface area contributed by atoms with Crippen LogP contribution in [0.4, 0.5) is 5.95 Å². The predicted molar refractivity (Wildman–Crippen MR) is 103 cm³/mol. The van der Waals surface area contributed by atoms with Gasteiger partial charge < -0.3 is 20.1 Å². The molecule has 0 aliphatic carbocycles. The fraction of sp³-hybridized carbons (Fsp3) is 0.588. The van der Waals surface area contributed by atoms with Gasteiger partial charge in [0.25, 0.3) is 0 Å². The molecular formula is C17H27N5O4S. The molecule has 2 aromatic rings. The molecule has 3 rings (SSSR count). The quantitative estimate of drug-likeness (QED) is 0.601. The van der Waals surface area contributed by atoms with Crippen LogP contribution in [0.2, 0.25) is 0 Å². The first-order valence-electron chi connectivity index (χ1n) is 8.94. The van der Waals surface area contributed by atoms with Gasteiger partial charge in [0.05, 0.1) is 41.3 Å². The molecule has 0 atom stereocenters. The minimum Gasteiger partial charge on any atom is -0.389 e. The van der Waals surface area contributed by atoms with Crippen molar-refractivity contribution in [3.63, 3.8) is 0 Å². The lowest BCUT2D eigenvalue weighted by Gasteiger charge is -2.26. The van der Waals surface area contributed by atoms with Crippen LogP contribution in [-0.2, 0) is 21.3 Å². The van der Waals surface area contributed by atoms with Crippen molar-refractivity contribution in [1.82, 2.24) is 19.2 Å². The van der Waals surface area contributed by atoms with Crippen LogP contribution in [0.3, 0.4) is 0 Å². The highest BCUT2D eigenvalue weighted by atomic mass is 32.2. The number of aliphatic hydroxyl groups is 1. The Balaban J connectivity index is 1.73. The summed E-state index contributed by atoms with van der Waals surface area (Å²) in [6.45, 7) is 7.56. The van der Waals surface area contributed by atoms with E-state index in [-0.39, 0.29) is 17.4 Å². The van der Waals surface area contributed by atoms with E-state index in [4.69, 9.17) is 10.5 Å². The number of fused-ring (bicyclic) bond motifs is 1. The first-order valence-corrected chi connectivity index (χ1v) is 10.4. The zero-order valence-corrected chi connectivity index (χ0v) is 16.5. The van der Waals surface area contributed by atoms with Crippen molar-refractivity contribution in [1.29, 1.82) is 0 Å². The van der Waals surface area contributed by atoms with Crippen LogP contribution >= 0.6 is 0 Å². The molecule has 0 amide bonds. The zero-order chi connectivity index (χ0) is 19.7. The summed E-state index contributed by atoms with van der Waals surface area (Å²) in [6.07, 6.45) is 0. The van der Waals surface area contributed by atoms with E-state index in [0.717, 1.165) is 13.1 Å². The lowest BCUT2D eigenvalue weighted by atomic mass is 10.1. The topological polar surface area (TPSA) is 123 Å². The second-order valence-electron chi connectivity index (χ2n) is 7.37. The fourth-order valence-electron chi connectivity index (χ4n) is 3.09. The van der Waals surface area contributed by atoms with E-state index in [9.17, 15) is 13.5 Å². The third kappa shape index (κ3) is 4.96. The van der Waals surface area contributed by atoms with Gasteiger partial charge in [-0.25, -0.2) is 18.1 Å². The van der Waals surface area contributed by atoms with Crippen LogP contribution in [0.15, 0.2) is 23.1 Å². The average Bonchev–Trinajstić information content (AvgIpc) is 2.89. The van der Waals surface area contributed by atoms with Crippen molar-refractivity contribution in [3.8, 4) is 0 Å². The highest BCUT2D eigenvalue weighted by molar-refractivity contribution is 7.89. The third-order valence-corrected chi connectivity index (χ3v) is 5.89. The number of sulfonamides is 1. The maximum Gasteiger partial charge on any atom is 0.240 e. The number of hydrogen-bond donors (Lipinski definition) is 3. The van der Waals surface area contributed by atoms with E-state index in [2.05, 4.69) is 14.6 Å². The number of rotatable bonds is 7. The van der Waals surface area contributed by atoms with Crippen molar-refractivity contribution in [2.45, 2.75) is 30.9 Å². The SMILES string of the molecule is CC(C)(O)Cn1c(N)nc2cc(S(=O)(=O)NCCN3CCOCC3)ccc21. The number of benzene rings is 1. The molecule has 2 heterocycles. The standard InChI is InChI=1S/C17H27N5O4S/c1-17(2,23)12-22-15-4-3-13(11-14(15)20-16(22)18)27(24,25)19-5-6-21-7-9-26-10-8-21/h3-4,11,19,23H,5-10,12H2,1-2H3,(H2,18,20). The number of aromatic nitrogens is 2. The third-order valence-electron chi connectivity index (χ3n) is 4.43. The minimum absolute atomic E-state index is 0.143. The monoisotopic (exact) mass is 397 g/mol. The van der Waals surface area contributed by atoms with Crippen molar-refractivity contribution in [3.05, 3.63) is 18.2 Å². The maximum absolute atomic E-state index is 12.6. The number of morpholine rings is 1. The molecule has 27 heavy (non-hydrogen) atoms. The van der Waals surface area contributed by atoms with Crippen molar-refractivity contribution in [2.24, 2.45) is 0 Å². The molecule has 4 N–H and O–H groups in total. The molecule has 1 aromatic carbocycles. The summed E-state index contributed by atoms with van der Waals surface area (Å²) >= 11 is 0. The molecule has 1 aromatic heterocycles. The smallest absolute Gasteiger partial charge is 0.240 e. The van der Waals surface area contributed by atoms with Crippen molar-refractivity contribution >= 4 is 27.0 Å². The van der Waals surface area contributed by atoms with Gasteiger partial charge in [0.1, 0.15) is 0 Å². The van der Waals surface area contributed by atoms with Gasteiger partial charge in [-0.1, -0.05) is 0 Å². The highest BCUT2D eigenvalue weighted by Crippen LogP contribution is 2.23. The molecule has 1 fully saturated rings. The number of hydrogen-bond acceptors (Lipinski definition) is 7. The average molecular weight is 398 g/mol. The Kier molecular flexibility index (Phi) is 5.73. The number of imidazole rings is 1. The van der Waals surface area contributed by atoms with Crippen LogP contribution < -0.4 is 10.5 Å². The second kappa shape index (κ2) is 7.72. The summed E-state index contributed by atoms with van der Waals surface area (Å²) in [5, 5.41) is 10.0. The Hall–Kier alpha value is -1.72. The Morgan fingerprint density at radius 1 is 1.33 bits per heavy atom. The first-order chi connectivity index (χ1) is 12.7. The second-order valence-corrected chi connectivity index (χ2v) is 9.14. The summed E-state index contributed by atoms with van der Waals surface area (Å²) in [4.78, 5) is 6.54. The van der Waals surface area contributed by atoms with Crippen LogP contribution in [-0.4, -0.2) is 73.0 Å². The van der Waals surface area contributed by atoms with Crippen molar-refractivity contribution < 1.29 is 18.3 Å². The highest BCUT2D eigenvalue weighted by Gasteiger charge is 2.21. The lowest BCUT2D eigenvalue weighted by Crippen LogP contribution is -2.41. The summed E-state index contributed by atoms with van der Waals surface area (Å²) in [6, 6.07) is 4.70. The normalized spacial score (nSPS) is 16.9. The van der Waals surface area contributed by atoms with E-state index < -0.39 is 15.6 Å². The molecule has 9 nitrogen and oxygen atoms in total. The van der Waals surface area contributed by atoms with Gasteiger partial charge in [0, 0.05) is 26.2 Å². The molecule has 0 bridgehead atoms. The molecule has 1 saturated heterocycles. The molecule has 0 saturated carbocycles. The van der Waals surface area contributed by atoms with Gasteiger partial charge in [-0.05, 0) is 32.0 Å². The predicted octanol–water partition coefficient (Wildman–Crippen LogP) is -0.0001000. The number of anilines is 1. The van der Waals surface area contributed by atoms with Gasteiger partial charge in [-0.2, -0.15) is 0 Å². The molecule has 1 aliphatic rings. The number of nitrogens with two attached hydrogens (primary N) is 1. The first kappa shape index (κ1) is 20.0. The largest absolute Gasteiger partial charge is 0.389 e. The Morgan fingerprint density at radius 2 is 2.04 bits per heavy atom. The zero-order valence-electron chi connectivity index (χ0n) is 15.7. The lowest BCUT2D eigenvalue weighted by molar-refractivity contribution is 0.0390. The molecule has 150 valence electrons. The maximum atomic E-state index is 12.6. The Bertz CT molecular complexity index is 898.